The van der Waals surface area contributed by atoms with Gasteiger partial charge in [0.1, 0.15) is 0 Å². The fourth-order valence-electron chi connectivity index (χ4n) is 1.18. The number of benzene rings is 1. The lowest BCUT2D eigenvalue weighted by molar-refractivity contribution is 0.0945. The van der Waals surface area contributed by atoms with E-state index in [0.717, 1.165) is 12.1 Å². The maximum Gasteiger partial charge on any atom is 0.251 e. The summed E-state index contributed by atoms with van der Waals surface area (Å²) >= 11 is 0. The van der Waals surface area contributed by atoms with Crippen molar-refractivity contribution in [1.29, 1.82) is 0 Å². The van der Waals surface area contributed by atoms with Crippen molar-refractivity contribution in [2.24, 2.45) is 11.8 Å². The van der Waals surface area contributed by atoms with Gasteiger partial charge in [-0.15, -0.1) is 0 Å². The second kappa shape index (κ2) is 5.54. The van der Waals surface area contributed by atoms with E-state index in [1.54, 1.807) is 0 Å². The second-order valence-electron chi connectivity index (χ2n) is 4.30. The third-order valence-electron chi connectivity index (χ3n) is 2.76. The molecule has 0 fully saturated rings. The van der Waals surface area contributed by atoms with Crippen molar-refractivity contribution in [2.75, 3.05) is 6.54 Å². The zero-order valence-electron chi connectivity index (χ0n) is 9.66. The standard InChI is InChI=1S/C13H19NO.H2/c1-10(2)11(3)9-14-13(15)12-7-5-4-6-8-12;/h4-8,10-11H,9H2,1-3H3,(H,14,15);1H. The number of hydrogen-bond acceptors (Lipinski definition) is 1. The van der Waals surface area contributed by atoms with Crippen LogP contribution in [0, 0.1) is 11.8 Å². The molecule has 2 heteroatoms. The monoisotopic (exact) mass is 207 g/mol. The molecule has 0 spiro atoms. The quantitative estimate of drug-likeness (QED) is 0.808. The molecular formula is C13H21NO. The van der Waals surface area contributed by atoms with Gasteiger partial charge in [-0.05, 0) is 24.0 Å². The molecular weight excluding hydrogens is 186 g/mol. The fourth-order valence-corrected chi connectivity index (χ4v) is 1.18. The molecule has 0 saturated carbocycles. The highest BCUT2D eigenvalue weighted by molar-refractivity contribution is 5.94. The minimum absolute atomic E-state index is 0. The number of rotatable bonds is 4. The Morgan fingerprint density at radius 1 is 1.27 bits per heavy atom. The maximum absolute atomic E-state index is 11.7. The molecule has 0 radical (unpaired) electrons. The first-order valence-electron chi connectivity index (χ1n) is 5.44. The van der Waals surface area contributed by atoms with Gasteiger partial charge in [-0.2, -0.15) is 0 Å². The van der Waals surface area contributed by atoms with Crippen LogP contribution in [0.4, 0.5) is 0 Å². The van der Waals surface area contributed by atoms with Gasteiger partial charge in [0.15, 0.2) is 0 Å². The molecule has 2 nitrogen and oxygen atoms in total. The van der Waals surface area contributed by atoms with Gasteiger partial charge in [0.25, 0.3) is 5.91 Å². The lowest BCUT2D eigenvalue weighted by Gasteiger charge is -2.15. The lowest BCUT2D eigenvalue weighted by atomic mass is 9.98. The van der Waals surface area contributed by atoms with Crippen molar-refractivity contribution in [3.05, 3.63) is 35.9 Å². The molecule has 1 unspecified atom stereocenters. The third kappa shape index (κ3) is 3.74. The van der Waals surface area contributed by atoms with E-state index in [4.69, 9.17) is 0 Å². The van der Waals surface area contributed by atoms with E-state index in [9.17, 15) is 4.79 Å². The average molecular weight is 207 g/mol. The zero-order valence-corrected chi connectivity index (χ0v) is 9.66. The molecule has 15 heavy (non-hydrogen) atoms. The summed E-state index contributed by atoms with van der Waals surface area (Å²) in [6.45, 7) is 7.22. The summed E-state index contributed by atoms with van der Waals surface area (Å²) in [5.41, 5.74) is 0.730. The second-order valence-corrected chi connectivity index (χ2v) is 4.30. The van der Waals surface area contributed by atoms with Crippen molar-refractivity contribution in [3.63, 3.8) is 0 Å². The maximum atomic E-state index is 11.7. The average Bonchev–Trinajstić information content (AvgIpc) is 2.26. The molecule has 0 aliphatic rings. The molecule has 0 aromatic heterocycles. The van der Waals surface area contributed by atoms with Crippen molar-refractivity contribution >= 4 is 5.91 Å². The summed E-state index contributed by atoms with van der Waals surface area (Å²) in [5, 5.41) is 2.94. The highest BCUT2D eigenvalue weighted by atomic mass is 16.1. The summed E-state index contributed by atoms with van der Waals surface area (Å²) in [6.07, 6.45) is 0. The molecule has 1 aromatic rings. The minimum atomic E-state index is 0. The van der Waals surface area contributed by atoms with Crippen molar-refractivity contribution in [3.8, 4) is 0 Å². The largest absolute Gasteiger partial charge is 0.352 e. The molecule has 1 rings (SSSR count). The van der Waals surface area contributed by atoms with Crippen LogP contribution in [0.3, 0.4) is 0 Å². The van der Waals surface area contributed by atoms with Crippen LogP contribution in [0.5, 0.6) is 0 Å². The van der Waals surface area contributed by atoms with E-state index < -0.39 is 0 Å². The Morgan fingerprint density at radius 3 is 2.40 bits per heavy atom. The predicted molar refractivity (Wildman–Crippen MR) is 64.9 cm³/mol. The number of carbonyl (C=O) groups is 1. The van der Waals surface area contributed by atoms with E-state index in [1.807, 2.05) is 30.3 Å². The Labute approximate surface area is 93.2 Å². The van der Waals surface area contributed by atoms with Crippen molar-refractivity contribution in [2.45, 2.75) is 20.8 Å². The molecule has 0 heterocycles. The van der Waals surface area contributed by atoms with Crippen LogP contribution in [-0.2, 0) is 0 Å². The highest BCUT2D eigenvalue weighted by Gasteiger charge is 2.09. The highest BCUT2D eigenvalue weighted by Crippen LogP contribution is 2.08. The summed E-state index contributed by atoms with van der Waals surface area (Å²) in [5.74, 6) is 1.13. The van der Waals surface area contributed by atoms with E-state index in [2.05, 4.69) is 26.1 Å². The van der Waals surface area contributed by atoms with Crippen molar-refractivity contribution in [1.82, 2.24) is 5.32 Å². The van der Waals surface area contributed by atoms with E-state index in [1.165, 1.54) is 0 Å². The fraction of sp³-hybridized carbons (Fsp3) is 0.462. The van der Waals surface area contributed by atoms with Gasteiger partial charge in [-0.3, -0.25) is 4.79 Å². The first kappa shape index (κ1) is 11.8. The van der Waals surface area contributed by atoms with Crippen LogP contribution < -0.4 is 5.32 Å². The van der Waals surface area contributed by atoms with E-state index in [-0.39, 0.29) is 7.33 Å². The lowest BCUT2D eigenvalue weighted by Crippen LogP contribution is -2.30. The molecule has 1 N–H and O–H groups in total. The van der Waals surface area contributed by atoms with Gasteiger partial charge in [0.2, 0.25) is 0 Å². The van der Waals surface area contributed by atoms with E-state index in [0.29, 0.717) is 11.8 Å². The van der Waals surface area contributed by atoms with Crippen molar-refractivity contribution < 1.29 is 6.22 Å². The van der Waals surface area contributed by atoms with Gasteiger partial charge in [0, 0.05) is 13.5 Å². The summed E-state index contributed by atoms with van der Waals surface area (Å²) in [4.78, 5) is 11.7. The number of nitrogens with one attached hydrogen (secondary N) is 1. The molecule has 0 saturated heterocycles. The Hall–Kier alpha value is -1.31. The number of hydrogen-bond donors (Lipinski definition) is 1. The van der Waals surface area contributed by atoms with Crippen LogP contribution >= 0.6 is 0 Å². The van der Waals surface area contributed by atoms with E-state index >= 15 is 0 Å². The van der Waals surface area contributed by atoms with Crippen LogP contribution in [0.1, 0.15) is 32.6 Å². The first-order chi connectivity index (χ1) is 7.11. The summed E-state index contributed by atoms with van der Waals surface area (Å²) in [7, 11) is 0. The Bertz CT molecular complexity index is 311. The first-order valence-corrected chi connectivity index (χ1v) is 5.44. The smallest absolute Gasteiger partial charge is 0.251 e. The number of carbonyl (C=O) groups excluding carboxylic acids is 1. The Kier molecular flexibility index (Phi) is 4.35. The summed E-state index contributed by atoms with van der Waals surface area (Å²) < 4.78 is 0. The Morgan fingerprint density at radius 2 is 1.87 bits per heavy atom. The van der Waals surface area contributed by atoms with Gasteiger partial charge < -0.3 is 5.32 Å². The van der Waals surface area contributed by atoms with Gasteiger partial charge in [0.05, 0.1) is 0 Å². The number of amides is 1. The van der Waals surface area contributed by atoms with Crippen LogP contribution in [-0.4, -0.2) is 12.5 Å². The molecule has 0 aliphatic heterocycles. The predicted octanol–water partition coefficient (Wildman–Crippen LogP) is 2.95. The van der Waals surface area contributed by atoms with Gasteiger partial charge in [-0.1, -0.05) is 39.0 Å². The van der Waals surface area contributed by atoms with Crippen LogP contribution in [0.2, 0.25) is 0 Å². The topological polar surface area (TPSA) is 29.1 Å². The molecule has 1 aromatic carbocycles. The van der Waals surface area contributed by atoms with Crippen LogP contribution in [0.15, 0.2) is 30.3 Å². The normalized spacial score (nSPS) is 12.5. The Balaban J connectivity index is 0.00000225. The molecule has 84 valence electrons. The molecule has 0 bridgehead atoms. The molecule has 1 amide bonds. The third-order valence-corrected chi connectivity index (χ3v) is 2.76. The molecule has 1 atom stereocenters. The SMILES string of the molecule is CC(C)C(C)CNC(=O)c1ccccc1.[HH]. The van der Waals surface area contributed by atoms with Crippen LogP contribution in [0.25, 0.3) is 0 Å². The van der Waals surface area contributed by atoms with Gasteiger partial charge >= 0.3 is 0 Å². The summed E-state index contributed by atoms with van der Waals surface area (Å²) in [6, 6.07) is 9.32. The minimum Gasteiger partial charge on any atom is -0.352 e. The zero-order chi connectivity index (χ0) is 11.3. The van der Waals surface area contributed by atoms with Gasteiger partial charge in [-0.25, -0.2) is 0 Å². The molecule has 0 aliphatic carbocycles.